The summed E-state index contributed by atoms with van der Waals surface area (Å²) in [6.07, 6.45) is 3.11. The molecule has 0 bridgehead atoms. The van der Waals surface area contributed by atoms with Gasteiger partial charge in [0.15, 0.2) is 0 Å². The summed E-state index contributed by atoms with van der Waals surface area (Å²) in [5, 5.41) is 4.35. The Hall–Kier alpha value is -1.81. The second kappa shape index (κ2) is 4.37. The van der Waals surface area contributed by atoms with Crippen molar-refractivity contribution in [1.82, 2.24) is 9.78 Å². The van der Waals surface area contributed by atoms with E-state index in [1.54, 1.807) is 30.5 Å². The van der Waals surface area contributed by atoms with Crippen LogP contribution in [0.25, 0.3) is 0 Å². The predicted octanol–water partition coefficient (Wildman–Crippen LogP) is 2.23. The summed E-state index contributed by atoms with van der Waals surface area (Å²) in [6.45, 7) is 0. The molecule has 0 saturated heterocycles. The normalized spacial score (nSPS) is 10.1. The van der Waals surface area contributed by atoms with Crippen LogP contribution in [0.5, 0.6) is 5.75 Å². The van der Waals surface area contributed by atoms with Crippen LogP contribution in [-0.2, 0) is 0 Å². The van der Waals surface area contributed by atoms with Crippen molar-refractivity contribution in [3.8, 4) is 5.75 Å². The fraction of sp³-hybridized carbons (Fsp3) is 0.0909. The molecule has 0 spiro atoms. The van der Waals surface area contributed by atoms with Crippen LogP contribution in [0.1, 0.15) is 10.4 Å². The molecule has 0 radical (unpaired) electrons. The van der Waals surface area contributed by atoms with E-state index >= 15 is 0 Å². The van der Waals surface area contributed by atoms with Gasteiger partial charge in [0.05, 0.1) is 12.7 Å². The van der Waals surface area contributed by atoms with Gasteiger partial charge >= 0.3 is 0 Å². The van der Waals surface area contributed by atoms with Gasteiger partial charge in [-0.25, -0.2) is 4.68 Å². The summed E-state index contributed by atoms with van der Waals surface area (Å²) in [5.41, 5.74) is 0.388. The van der Waals surface area contributed by atoms with E-state index in [1.165, 1.54) is 18.0 Å². The molecule has 1 aromatic carbocycles. The molecule has 1 heterocycles. The first kappa shape index (κ1) is 10.7. The molecule has 2 aromatic rings. The number of rotatable bonds is 2. The number of halogens is 1. The molecular weight excluding hydrogens is 228 g/mol. The minimum absolute atomic E-state index is 0.274. The average Bonchev–Trinajstić information content (AvgIpc) is 2.81. The lowest BCUT2D eigenvalue weighted by Gasteiger charge is -2.07. The third-order valence-corrected chi connectivity index (χ3v) is 2.34. The first-order valence-electron chi connectivity index (χ1n) is 4.60. The molecule has 0 aliphatic carbocycles. The number of aromatic nitrogens is 2. The van der Waals surface area contributed by atoms with Gasteiger partial charge in [-0.2, -0.15) is 5.10 Å². The molecule has 0 fully saturated rings. The SMILES string of the molecule is COc1ccc(Cl)cc1C(=O)n1cccn1. The Morgan fingerprint density at radius 1 is 1.50 bits per heavy atom. The van der Waals surface area contributed by atoms with Crippen molar-refractivity contribution in [2.75, 3.05) is 7.11 Å². The summed E-state index contributed by atoms with van der Waals surface area (Å²) in [7, 11) is 1.50. The number of benzene rings is 1. The summed E-state index contributed by atoms with van der Waals surface area (Å²) in [6, 6.07) is 6.55. The first-order valence-corrected chi connectivity index (χ1v) is 4.98. The largest absolute Gasteiger partial charge is 0.496 e. The summed E-state index contributed by atoms with van der Waals surface area (Å²) in [5.74, 6) is 0.203. The second-order valence-corrected chi connectivity index (χ2v) is 3.54. The van der Waals surface area contributed by atoms with Crippen LogP contribution in [0, 0.1) is 0 Å². The highest BCUT2D eigenvalue weighted by Crippen LogP contribution is 2.23. The fourth-order valence-electron chi connectivity index (χ4n) is 1.36. The van der Waals surface area contributed by atoms with Gasteiger partial charge in [-0.1, -0.05) is 11.6 Å². The van der Waals surface area contributed by atoms with Crippen molar-refractivity contribution < 1.29 is 9.53 Å². The van der Waals surface area contributed by atoms with E-state index in [1.807, 2.05) is 0 Å². The van der Waals surface area contributed by atoms with Gasteiger partial charge in [-0.05, 0) is 24.3 Å². The number of nitrogens with zero attached hydrogens (tertiary/aromatic N) is 2. The molecule has 0 saturated carbocycles. The van der Waals surface area contributed by atoms with Crippen LogP contribution in [0.3, 0.4) is 0 Å². The lowest BCUT2D eigenvalue weighted by molar-refractivity contribution is 0.0942. The van der Waals surface area contributed by atoms with Gasteiger partial charge in [0.1, 0.15) is 5.75 Å². The highest BCUT2D eigenvalue weighted by molar-refractivity contribution is 6.31. The van der Waals surface area contributed by atoms with Crippen molar-refractivity contribution in [2.24, 2.45) is 0 Å². The van der Waals surface area contributed by atoms with Crippen molar-refractivity contribution in [1.29, 1.82) is 0 Å². The third-order valence-electron chi connectivity index (χ3n) is 2.10. The molecular formula is C11H9ClN2O2. The molecule has 0 atom stereocenters. The fourth-order valence-corrected chi connectivity index (χ4v) is 1.53. The molecule has 0 N–H and O–H groups in total. The Balaban J connectivity index is 2.47. The molecule has 0 aliphatic rings. The van der Waals surface area contributed by atoms with Crippen molar-refractivity contribution in [2.45, 2.75) is 0 Å². The first-order chi connectivity index (χ1) is 7.72. The van der Waals surface area contributed by atoms with E-state index in [-0.39, 0.29) is 5.91 Å². The number of carbonyl (C=O) groups excluding carboxylic acids is 1. The third kappa shape index (κ3) is 1.92. The number of hydrogen-bond donors (Lipinski definition) is 0. The van der Waals surface area contributed by atoms with Crippen LogP contribution >= 0.6 is 11.6 Å². The lowest BCUT2D eigenvalue weighted by Crippen LogP contribution is -2.13. The van der Waals surface area contributed by atoms with Crippen LogP contribution < -0.4 is 4.74 Å². The van der Waals surface area contributed by atoms with Gasteiger partial charge < -0.3 is 4.74 Å². The van der Waals surface area contributed by atoms with Crippen LogP contribution in [0.15, 0.2) is 36.7 Å². The standard InChI is InChI=1S/C11H9ClN2O2/c1-16-10-4-3-8(12)7-9(10)11(15)14-6-2-5-13-14/h2-7H,1H3. The van der Waals surface area contributed by atoms with E-state index in [0.717, 1.165) is 0 Å². The van der Waals surface area contributed by atoms with Crippen LogP contribution in [0.4, 0.5) is 0 Å². The molecule has 0 aliphatic heterocycles. The molecule has 2 rings (SSSR count). The Morgan fingerprint density at radius 2 is 2.31 bits per heavy atom. The summed E-state index contributed by atoms with van der Waals surface area (Å²) < 4.78 is 6.33. The lowest BCUT2D eigenvalue weighted by atomic mass is 10.2. The monoisotopic (exact) mass is 236 g/mol. The smallest absolute Gasteiger partial charge is 0.281 e. The average molecular weight is 237 g/mol. The summed E-state index contributed by atoms with van der Waals surface area (Å²) in [4.78, 5) is 12.0. The zero-order chi connectivity index (χ0) is 11.5. The number of methoxy groups -OCH3 is 1. The molecule has 4 nitrogen and oxygen atoms in total. The van der Waals surface area contributed by atoms with Crippen LogP contribution in [-0.4, -0.2) is 22.8 Å². The second-order valence-electron chi connectivity index (χ2n) is 3.10. The zero-order valence-corrected chi connectivity index (χ0v) is 9.31. The topological polar surface area (TPSA) is 44.1 Å². The van der Waals surface area contributed by atoms with E-state index in [4.69, 9.17) is 16.3 Å². The number of ether oxygens (including phenoxy) is 1. The molecule has 5 heteroatoms. The van der Waals surface area contributed by atoms with Gasteiger partial charge in [0, 0.05) is 17.4 Å². The molecule has 0 amide bonds. The van der Waals surface area contributed by atoms with Gasteiger partial charge in [0.2, 0.25) is 0 Å². The molecule has 16 heavy (non-hydrogen) atoms. The Labute approximate surface area is 97.4 Å². The maximum Gasteiger partial charge on any atom is 0.281 e. The Morgan fingerprint density at radius 3 is 2.94 bits per heavy atom. The number of hydrogen-bond acceptors (Lipinski definition) is 3. The van der Waals surface area contributed by atoms with E-state index in [9.17, 15) is 4.79 Å². The molecule has 0 unspecified atom stereocenters. The van der Waals surface area contributed by atoms with Crippen LogP contribution in [0.2, 0.25) is 5.02 Å². The molecule has 82 valence electrons. The van der Waals surface area contributed by atoms with Crippen molar-refractivity contribution >= 4 is 17.5 Å². The van der Waals surface area contributed by atoms with Gasteiger partial charge in [-0.15, -0.1) is 0 Å². The zero-order valence-electron chi connectivity index (χ0n) is 8.55. The van der Waals surface area contributed by atoms with E-state index in [2.05, 4.69) is 5.10 Å². The number of carbonyl (C=O) groups is 1. The highest BCUT2D eigenvalue weighted by atomic mass is 35.5. The van der Waals surface area contributed by atoms with E-state index < -0.39 is 0 Å². The minimum atomic E-state index is -0.274. The van der Waals surface area contributed by atoms with E-state index in [0.29, 0.717) is 16.3 Å². The molecule has 1 aromatic heterocycles. The maximum absolute atomic E-state index is 12.0. The maximum atomic E-state index is 12.0. The quantitative estimate of drug-likeness (QED) is 0.803. The van der Waals surface area contributed by atoms with Gasteiger partial charge in [0.25, 0.3) is 5.91 Å². The Bertz CT molecular complexity index is 509. The van der Waals surface area contributed by atoms with Gasteiger partial charge in [-0.3, -0.25) is 4.79 Å². The summed E-state index contributed by atoms with van der Waals surface area (Å²) >= 11 is 5.84. The highest BCUT2D eigenvalue weighted by Gasteiger charge is 2.14. The van der Waals surface area contributed by atoms with Crippen molar-refractivity contribution in [3.05, 3.63) is 47.2 Å². The predicted molar refractivity (Wildman–Crippen MR) is 60.0 cm³/mol. The van der Waals surface area contributed by atoms with Crippen molar-refractivity contribution in [3.63, 3.8) is 0 Å². The minimum Gasteiger partial charge on any atom is -0.496 e. The Kier molecular flexibility index (Phi) is 2.92.